The lowest BCUT2D eigenvalue weighted by Gasteiger charge is -2.39. The highest BCUT2D eigenvalue weighted by Crippen LogP contribution is 2.39. The first-order valence-corrected chi connectivity index (χ1v) is 7.87. The van der Waals surface area contributed by atoms with Gasteiger partial charge in [0, 0.05) is 17.2 Å². The number of fused-ring (bicyclic) bond motifs is 1. The fourth-order valence-electron chi connectivity index (χ4n) is 2.57. The van der Waals surface area contributed by atoms with E-state index in [1.165, 1.54) is 0 Å². The predicted octanol–water partition coefficient (Wildman–Crippen LogP) is 3.31. The molecule has 2 heterocycles. The van der Waals surface area contributed by atoms with Crippen LogP contribution in [0.4, 0.5) is 5.69 Å². The van der Waals surface area contributed by atoms with Crippen LogP contribution in [0.25, 0.3) is 0 Å². The fourth-order valence-corrected chi connectivity index (χ4v) is 2.91. The molecule has 1 aromatic heterocycles. The zero-order valence-corrected chi connectivity index (χ0v) is 14.6. The van der Waals surface area contributed by atoms with Crippen LogP contribution in [0.3, 0.4) is 0 Å². The van der Waals surface area contributed by atoms with E-state index >= 15 is 0 Å². The minimum Gasteiger partial charge on any atom is -0.484 e. The lowest BCUT2D eigenvalue weighted by atomic mass is 10.0. The van der Waals surface area contributed by atoms with Gasteiger partial charge in [-0.15, -0.1) is 0 Å². The number of aryl methyl sites for hydroxylation is 2. The van der Waals surface area contributed by atoms with Gasteiger partial charge in [0.25, 0.3) is 5.91 Å². The van der Waals surface area contributed by atoms with Gasteiger partial charge in [0.1, 0.15) is 11.4 Å². The number of amides is 1. The van der Waals surface area contributed by atoms with Crippen molar-refractivity contribution in [1.82, 2.24) is 9.78 Å². The first-order chi connectivity index (χ1) is 10.3. The Bertz CT molecular complexity index is 732. The van der Waals surface area contributed by atoms with Gasteiger partial charge in [-0.05, 0) is 45.0 Å². The number of anilines is 1. The topological polar surface area (TPSA) is 47.4 Å². The Kier molecular flexibility index (Phi) is 3.51. The van der Waals surface area contributed by atoms with E-state index in [0.29, 0.717) is 18.0 Å². The number of nitrogens with zero attached hydrogens (tertiary/aromatic N) is 3. The zero-order chi connectivity index (χ0) is 16.1. The number of carbonyl (C=O) groups excluding carboxylic acids is 1. The van der Waals surface area contributed by atoms with Crippen molar-refractivity contribution in [3.8, 4) is 5.75 Å². The molecule has 0 saturated carbocycles. The average molecular weight is 364 g/mol. The summed E-state index contributed by atoms with van der Waals surface area (Å²) in [6, 6.07) is 7.50. The summed E-state index contributed by atoms with van der Waals surface area (Å²) in [5.41, 5.74) is 1.72. The SMILES string of the molecule is Cc1cc(C(=O)N2CC(C)(C)Oc3cc(Br)ccc32)nn1C. The molecule has 0 atom stereocenters. The quantitative estimate of drug-likeness (QED) is 0.780. The van der Waals surface area contributed by atoms with Gasteiger partial charge in [0.2, 0.25) is 0 Å². The summed E-state index contributed by atoms with van der Waals surface area (Å²) in [6.07, 6.45) is 0. The molecule has 0 unspecified atom stereocenters. The number of benzene rings is 1. The highest BCUT2D eigenvalue weighted by molar-refractivity contribution is 9.10. The molecule has 0 bridgehead atoms. The van der Waals surface area contributed by atoms with Gasteiger partial charge in [-0.1, -0.05) is 15.9 Å². The van der Waals surface area contributed by atoms with E-state index < -0.39 is 5.60 Å². The van der Waals surface area contributed by atoms with Crippen LogP contribution in [0.2, 0.25) is 0 Å². The van der Waals surface area contributed by atoms with Gasteiger partial charge in [0.05, 0.1) is 12.2 Å². The molecule has 1 aliphatic rings. The van der Waals surface area contributed by atoms with E-state index in [-0.39, 0.29) is 5.91 Å². The van der Waals surface area contributed by atoms with Gasteiger partial charge in [-0.3, -0.25) is 14.4 Å². The Morgan fingerprint density at radius 3 is 2.73 bits per heavy atom. The molecule has 6 heteroatoms. The van der Waals surface area contributed by atoms with Gasteiger partial charge in [-0.25, -0.2) is 0 Å². The minimum absolute atomic E-state index is 0.108. The smallest absolute Gasteiger partial charge is 0.279 e. The van der Waals surface area contributed by atoms with Crippen molar-refractivity contribution in [2.24, 2.45) is 7.05 Å². The van der Waals surface area contributed by atoms with Crippen LogP contribution >= 0.6 is 15.9 Å². The molecule has 0 saturated heterocycles. The Morgan fingerprint density at radius 2 is 2.09 bits per heavy atom. The second-order valence-electron chi connectivity index (χ2n) is 6.16. The largest absolute Gasteiger partial charge is 0.484 e. The molecule has 0 spiro atoms. The molecular weight excluding hydrogens is 346 g/mol. The van der Waals surface area contributed by atoms with Gasteiger partial charge in [-0.2, -0.15) is 5.10 Å². The Morgan fingerprint density at radius 1 is 1.36 bits per heavy atom. The summed E-state index contributed by atoms with van der Waals surface area (Å²) >= 11 is 3.44. The molecule has 1 amide bonds. The fraction of sp³-hybridized carbons (Fsp3) is 0.375. The maximum atomic E-state index is 12.9. The number of hydrogen-bond acceptors (Lipinski definition) is 3. The van der Waals surface area contributed by atoms with Crippen molar-refractivity contribution in [1.29, 1.82) is 0 Å². The number of rotatable bonds is 1. The van der Waals surface area contributed by atoms with Crippen LogP contribution in [-0.4, -0.2) is 27.8 Å². The molecule has 0 radical (unpaired) electrons. The van der Waals surface area contributed by atoms with Gasteiger partial charge in [0.15, 0.2) is 5.69 Å². The van der Waals surface area contributed by atoms with E-state index in [1.54, 1.807) is 9.58 Å². The van der Waals surface area contributed by atoms with Crippen molar-refractivity contribution in [2.75, 3.05) is 11.4 Å². The van der Waals surface area contributed by atoms with Crippen LogP contribution in [0.1, 0.15) is 30.0 Å². The van der Waals surface area contributed by atoms with E-state index in [4.69, 9.17) is 4.74 Å². The first kappa shape index (κ1) is 15.1. The zero-order valence-electron chi connectivity index (χ0n) is 13.1. The van der Waals surface area contributed by atoms with Crippen molar-refractivity contribution in [2.45, 2.75) is 26.4 Å². The summed E-state index contributed by atoms with van der Waals surface area (Å²) < 4.78 is 8.63. The molecule has 116 valence electrons. The third-order valence-corrected chi connectivity index (χ3v) is 4.21. The lowest BCUT2D eigenvalue weighted by Crippen LogP contribution is -2.49. The summed E-state index contributed by atoms with van der Waals surface area (Å²) in [4.78, 5) is 14.6. The standard InChI is InChI=1S/C16H18BrN3O2/c1-10-7-12(18-19(10)4)15(21)20-9-16(2,3)22-14-8-11(17)5-6-13(14)20/h5-8H,9H2,1-4H3. The Balaban J connectivity index is 2.05. The molecular formula is C16H18BrN3O2. The number of carbonyl (C=O) groups is 1. The monoisotopic (exact) mass is 363 g/mol. The van der Waals surface area contributed by atoms with E-state index in [9.17, 15) is 4.79 Å². The number of ether oxygens (including phenoxy) is 1. The average Bonchev–Trinajstić information content (AvgIpc) is 2.75. The maximum absolute atomic E-state index is 12.9. The molecule has 0 fully saturated rings. The molecule has 1 aliphatic heterocycles. The summed E-state index contributed by atoms with van der Waals surface area (Å²) in [5.74, 6) is 0.593. The van der Waals surface area contributed by atoms with Gasteiger partial charge >= 0.3 is 0 Å². The normalized spacial score (nSPS) is 16.1. The van der Waals surface area contributed by atoms with Crippen LogP contribution < -0.4 is 9.64 Å². The highest BCUT2D eigenvalue weighted by atomic mass is 79.9. The second kappa shape index (κ2) is 5.12. The predicted molar refractivity (Wildman–Crippen MR) is 88.5 cm³/mol. The van der Waals surface area contributed by atoms with Crippen LogP contribution in [0.5, 0.6) is 5.75 Å². The molecule has 3 rings (SSSR count). The van der Waals surface area contributed by atoms with E-state index in [1.807, 2.05) is 52.1 Å². The third-order valence-electron chi connectivity index (χ3n) is 3.72. The van der Waals surface area contributed by atoms with Crippen LogP contribution in [0, 0.1) is 6.92 Å². The molecule has 22 heavy (non-hydrogen) atoms. The van der Waals surface area contributed by atoms with Crippen molar-refractivity contribution in [3.05, 3.63) is 40.1 Å². The third kappa shape index (κ3) is 2.63. The van der Waals surface area contributed by atoms with Crippen LogP contribution in [-0.2, 0) is 7.05 Å². The van der Waals surface area contributed by atoms with E-state index in [2.05, 4.69) is 21.0 Å². The molecule has 2 aromatic rings. The van der Waals surface area contributed by atoms with Crippen molar-refractivity contribution in [3.63, 3.8) is 0 Å². The summed E-state index contributed by atoms with van der Waals surface area (Å²) in [6.45, 7) is 6.36. The first-order valence-electron chi connectivity index (χ1n) is 7.08. The van der Waals surface area contributed by atoms with Gasteiger partial charge < -0.3 is 4.74 Å². The lowest BCUT2D eigenvalue weighted by molar-refractivity contribution is 0.0832. The van der Waals surface area contributed by atoms with Crippen molar-refractivity contribution >= 4 is 27.5 Å². The molecule has 0 aliphatic carbocycles. The highest BCUT2D eigenvalue weighted by Gasteiger charge is 2.36. The summed E-state index contributed by atoms with van der Waals surface area (Å²) in [5, 5.41) is 4.30. The number of hydrogen-bond donors (Lipinski definition) is 0. The van der Waals surface area contributed by atoms with Crippen molar-refractivity contribution < 1.29 is 9.53 Å². The minimum atomic E-state index is -0.451. The molecule has 5 nitrogen and oxygen atoms in total. The number of aromatic nitrogens is 2. The van der Waals surface area contributed by atoms with E-state index in [0.717, 1.165) is 15.9 Å². The molecule has 0 N–H and O–H groups in total. The number of halogens is 1. The maximum Gasteiger partial charge on any atom is 0.279 e. The van der Waals surface area contributed by atoms with Crippen LogP contribution in [0.15, 0.2) is 28.7 Å². The Hall–Kier alpha value is -1.82. The molecule has 1 aromatic carbocycles. The second-order valence-corrected chi connectivity index (χ2v) is 7.08. The Labute approximate surface area is 138 Å². The summed E-state index contributed by atoms with van der Waals surface area (Å²) in [7, 11) is 1.83.